The maximum atomic E-state index is 12.1. The number of amides is 2. The topological polar surface area (TPSA) is 68.8 Å². The van der Waals surface area contributed by atoms with Gasteiger partial charge in [0, 0.05) is 23.9 Å². The summed E-state index contributed by atoms with van der Waals surface area (Å²) in [7, 11) is 4.54. The third kappa shape index (κ3) is 4.20. The van der Waals surface area contributed by atoms with Gasteiger partial charge >= 0.3 is 6.03 Å². The molecule has 0 aliphatic carbocycles. The van der Waals surface area contributed by atoms with Crippen molar-refractivity contribution in [2.45, 2.75) is 0 Å². The molecule has 0 radical (unpaired) electrons. The third-order valence-corrected chi connectivity index (χ3v) is 3.35. The Bertz CT molecular complexity index is 706. The van der Waals surface area contributed by atoms with Crippen molar-refractivity contribution in [3.63, 3.8) is 0 Å². The fraction of sp³-hybridized carbons (Fsp3) is 0.188. The van der Waals surface area contributed by atoms with Crippen molar-refractivity contribution < 1.29 is 19.0 Å². The molecule has 2 aromatic rings. The Balaban J connectivity index is 2.16. The van der Waals surface area contributed by atoms with E-state index in [9.17, 15) is 4.79 Å². The zero-order chi connectivity index (χ0) is 16.8. The van der Waals surface area contributed by atoms with Crippen molar-refractivity contribution >= 4 is 29.0 Å². The van der Waals surface area contributed by atoms with Crippen LogP contribution in [-0.2, 0) is 0 Å². The van der Waals surface area contributed by atoms with Gasteiger partial charge in [-0.25, -0.2) is 4.79 Å². The molecule has 2 N–H and O–H groups in total. The normalized spacial score (nSPS) is 9.91. The Morgan fingerprint density at radius 1 is 0.957 bits per heavy atom. The van der Waals surface area contributed by atoms with Crippen LogP contribution in [0.4, 0.5) is 16.2 Å². The summed E-state index contributed by atoms with van der Waals surface area (Å²) in [6.45, 7) is 0. The number of ether oxygens (including phenoxy) is 3. The Morgan fingerprint density at radius 3 is 2.35 bits per heavy atom. The minimum Gasteiger partial charge on any atom is -0.497 e. The molecule has 2 amide bonds. The average Bonchev–Trinajstić information content (AvgIpc) is 2.56. The van der Waals surface area contributed by atoms with Crippen LogP contribution in [0.3, 0.4) is 0 Å². The number of rotatable bonds is 5. The number of hydrogen-bond acceptors (Lipinski definition) is 4. The van der Waals surface area contributed by atoms with Crippen molar-refractivity contribution in [3.05, 3.63) is 41.4 Å². The van der Waals surface area contributed by atoms with Crippen LogP contribution in [0, 0.1) is 0 Å². The number of methoxy groups -OCH3 is 3. The number of carbonyl (C=O) groups is 1. The highest BCUT2D eigenvalue weighted by atomic mass is 35.5. The number of hydrogen-bond donors (Lipinski definition) is 2. The van der Waals surface area contributed by atoms with Gasteiger partial charge < -0.3 is 24.8 Å². The number of nitrogens with one attached hydrogen (secondary N) is 2. The third-order valence-electron chi connectivity index (χ3n) is 3.05. The number of halogens is 1. The smallest absolute Gasteiger partial charge is 0.323 e. The minimum atomic E-state index is -0.430. The Labute approximate surface area is 139 Å². The van der Waals surface area contributed by atoms with E-state index in [-0.39, 0.29) is 0 Å². The Kier molecular flexibility index (Phi) is 5.54. The molecule has 0 spiro atoms. The molecule has 122 valence electrons. The standard InChI is InChI=1S/C16H17ClN2O4/c1-21-11-6-4-5-10(7-11)18-16(20)19-13-9-14(22-2)12(17)8-15(13)23-3/h4-9H,1-3H3,(H2,18,19,20). The summed E-state index contributed by atoms with van der Waals surface area (Å²) in [6, 6.07) is 9.76. The number of carbonyl (C=O) groups excluding carboxylic acids is 1. The molecule has 0 saturated carbocycles. The molecule has 23 heavy (non-hydrogen) atoms. The molecular weight excluding hydrogens is 320 g/mol. The average molecular weight is 337 g/mol. The minimum absolute atomic E-state index is 0.392. The summed E-state index contributed by atoms with van der Waals surface area (Å²) in [5, 5.41) is 5.80. The summed E-state index contributed by atoms with van der Waals surface area (Å²) >= 11 is 6.03. The lowest BCUT2D eigenvalue weighted by molar-refractivity contribution is 0.262. The van der Waals surface area contributed by atoms with Gasteiger partial charge in [0.25, 0.3) is 0 Å². The lowest BCUT2D eigenvalue weighted by atomic mass is 10.2. The molecule has 0 saturated heterocycles. The monoisotopic (exact) mass is 336 g/mol. The number of anilines is 2. The zero-order valence-electron chi connectivity index (χ0n) is 13.0. The lowest BCUT2D eigenvalue weighted by Gasteiger charge is -2.14. The van der Waals surface area contributed by atoms with Crippen molar-refractivity contribution in [1.29, 1.82) is 0 Å². The molecule has 7 heteroatoms. The van der Waals surface area contributed by atoms with E-state index in [1.165, 1.54) is 14.2 Å². The Hall–Kier alpha value is -2.60. The molecule has 0 bridgehead atoms. The predicted octanol–water partition coefficient (Wildman–Crippen LogP) is 4.01. The second-order valence-corrected chi connectivity index (χ2v) is 4.91. The van der Waals surface area contributed by atoms with Crippen LogP contribution >= 0.6 is 11.6 Å². The first-order chi connectivity index (χ1) is 11.1. The first-order valence-electron chi connectivity index (χ1n) is 6.71. The fourth-order valence-electron chi connectivity index (χ4n) is 1.94. The van der Waals surface area contributed by atoms with Gasteiger partial charge in [-0.15, -0.1) is 0 Å². The van der Waals surface area contributed by atoms with Crippen molar-refractivity contribution in [1.82, 2.24) is 0 Å². The molecule has 2 rings (SSSR count). The maximum Gasteiger partial charge on any atom is 0.323 e. The van der Waals surface area contributed by atoms with Crippen molar-refractivity contribution in [3.8, 4) is 17.2 Å². The molecule has 0 heterocycles. The number of urea groups is 1. The summed E-state index contributed by atoms with van der Waals surface area (Å²) in [5.41, 5.74) is 1.04. The molecular formula is C16H17ClN2O4. The van der Waals surface area contributed by atoms with Crippen LogP contribution in [0.2, 0.25) is 5.02 Å². The van der Waals surface area contributed by atoms with E-state index in [4.69, 9.17) is 25.8 Å². The van der Waals surface area contributed by atoms with Gasteiger partial charge in [0.05, 0.1) is 32.0 Å². The van der Waals surface area contributed by atoms with Crippen LogP contribution < -0.4 is 24.8 Å². The van der Waals surface area contributed by atoms with E-state index in [1.54, 1.807) is 43.5 Å². The second kappa shape index (κ2) is 7.60. The lowest BCUT2D eigenvalue weighted by Crippen LogP contribution is -2.19. The van der Waals surface area contributed by atoms with E-state index >= 15 is 0 Å². The highest BCUT2D eigenvalue weighted by Gasteiger charge is 2.12. The summed E-state index contributed by atoms with van der Waals surface area (Å²) < 4.78 is 15.5. The van der Waals surface area contributed by atoms with Crippen LogP contribution in [0.5, 0.6) is 17.2 Å². The van der Waals surface area contributed by atoms with Gasteiger partial charge in [0.2, 0.25) is 0 Å². The van der Waals surface area contributed by atoms with Gasteiger partial charge in [-0.05, 0) is 12.1 Å². The van der Waals surface area contributed by atoms with Gasteiger partial charge in [-0.1, -0.05) is 17.7 Å². The first-order valence-corrected chi connectivity index (χ1v) is 7.08. The van der Waals surface area contributed by atoms with E-state index in [0.717, 1.165) is 0 Å². The maximum absolute atomic E-state index is 12.1. The summed E-state index contributed by atoms with van der Waals surface area (Å²) in [5.74, 6) is 1.51. The van der Waals surface area contributed by atoms with E-state index in [0.29, 0.717) is 33.6 Å². The second-order valence-electron chi connectivity index (χ2n) is 4.50. The highest BCUT2D eigenvalue weighted by molar-refractivity contribution is 6.32. The van der Waals surface area contributed by atoms with E-state index < -0.39 is 6.03 Å². The van der Waals surface area contributed by atoms with Gasteiger partial charge in [0.15, 0.2) is 0 Å². The predicted molar refractivity (Wildman–Crippen MR) is 90.2 cm³/mol. The summed E-state index contributed by atoms with van der Waals surface area (Å²) in [6.07, 6.45) is 0. The van der Waals surface area contributed by atoms with Crippen molar-refractivity contribution in [2.75, 3.05) is 32.0 Å². The SMILES string of the molecule is COc1cccc(NC(=O)Nc2cc(OC)c(Cl)cc2OC)c1. The fourth-order valence-corrected chi connectivity index (χ4v) is 2.17. The van der Waals surface area contributed by atoms with Crippen LogP contribution in [0.1, 0.15) is 0 Å². The van der Waals surface area contributed by atoms with Gasteiger partial charge in [0.1, 0.15) is 17.2 Å². The summed E-state index contributed by atoms with van der Waals surface area (Å²) in [4.78, 5) is 12.1. The van der Waals surface area contributed by atoms with Gasteiger partial charge in [-0.3, -0.25) is 0 Å². The molecule has 2 aromatic carbocycles. The quantitative estimate of drug-likeness (QED) is 0.865. The van der Waals surface area contributed by atoms with Crippen LogP contribution in [-0.4, -0.2) is 27.4 Å². The first kappa shape index (κ1) is 16.8. The van der Waals surface area contributed by atoms with Gasteiger partial charge in [-0.2, -0.15) is 0 Å². The largest absolute Gasteiger partial charge is 0.497 e. The van der Waals surface area contributed by atoms with Crippen LogP contribution in [0.15, 0.2) is 36.4 Å². The van der Waals surface area contributed by atoms with Crippen LogP contribution in [0.25, 0.3) is 0 Å². The molecule has 0 unspecified atom stereocenters. The molecule has 0 aliphatic heterocycles. The Morgan fingerprint density at radius 2 is 1.70 bits per heavy atom. The number of benzene rings is 2. The zero-order valence-corrected chi connectivity index (χ0v) is 13.7. The molecule has 0 aromatic heterocycles. The van der Waals surface area contributed by atoms with E-state index in [1.807, 2.05) is 0 Å². The molecule has 0 atom stereocenters. The molecule has 0 aliphatic rings. The highest BCUT2D eigenvalue weighted by Crippen LogP contribution is 2.35. The van der Waals surface area contributed by atoms with Crippen molar-refractivity contribution in [2.24, 2.45) is 0 Å². The molecule has 6 nitrogen and oxygen atoms in total. The molecule has 0 fully saturated rings. The van der Waals surface area contributed by atoms with E-state index in [2.05, 4.69) is 10.6 Å².